The summed E-state index contributed by atoms with van der Waals surface area (Å²) >= 11 is 0. The van der Waals surface area contributed by atoms with Gasteiger partial charge in [0.25, 0.3) is 21.9 Å². The predicted octanol–water partition coefficient (Wildman–Crippen LogP) is 3.95. The molecule has 154 valence electrons. The molecule has 0 N–H and O–H groups in total. The molecule has 7 heteroatoms. The van der Waals surface area contributed by atoms with Crippen LogP contribution in [0.15, 0.2) is 53.4 Å². The van der Waals surface area contributed by atoms with Gasteiger partial charge in [-0.15, -0.1) is 0 Å². The second-order valence-electron chi connectivity index (χ2n) is 7.16. The van der Waals surface area contributed by atoms with Crippen LogP contribution in [0.25, 0.3) is 0 Å². The molecule has 0 bridgehead atoms. The summed E-state index contributed by atoms with van der Waals surface area (Å²) in [5.74, 6) is -0.444. The maximum absolute atomic E-state index is 12.3. The van der Waals surface area contributed by atoms with Crippen LogP contribution < -0.4 is 0 Å². The third-order valence-corrected chi connectivity index (χ3v) is 6.28. The largest absolute Gasteiger partial charge is 0.296 e. The standard InChI is InChI=1S/C22H25NO5S/c1-17-11-13-18(14-12-17)29(26,27)28-16-8-4-2-3-7-15-23-21(24)19-9-5-6-10-20(19)22(23)25/h5-6,9-14H,2-4,7-8,15-16H2,1H3. The molecule has 0 radical (unpaired) electrons. The van der Waals surface area contributed by atoms with Crippen LogP contribution in [-0.4, -0.2) is 38.3 Å². The van der Waals surface area contributed by atoms with E-state index in [0.717, 1.165) is 31.2 Å². The second-order valence-corrected chi connectivity index (χ2v) is 8.78. The molecule has 2 aromatic carbocycles. The van der Waals surface area contributed by atoms with Gasteiger partial charge in [0.05, 0.1) is 22.6 Å². The maximum atomic E-state index is 12.3. The van der Waals surface area contributed by atoms with Crippen LogP contribution in [0.2, 0.25) is 0 Å². The Morgan fingerprint density at radius 2 is 1.34 bits per heavy atom. The molecule has 29 heavy (non-hydrogen) atoms. The van der Waals surface area contributed by atoms with Crippen molar-refractivity contribution in [3.05, 3.63) is 65.2 Å². The fraction of sp³-hybridized carbons (Fsp3) is 0.364. The third kappa shape index (κ3) is 5.10. The van der Waals surface area contributed by atoms with Gasteiger partial charge in [-0.1, -0.05) is 49.1 Å². The predicted molar refractivity (Wildman–Crippen MR) is 109 cm³/mol. The summed E-state index contributed by atoms with van der Waals surface area (Å²) < 4.78 is 29.3. The van der Waals surface area contributed by atoms with E-state index in [1.165, 1.54) is 4.90 Å². The van der Waals surface area contributed by atoms with E-state index in [4.69, 9.17) is 4.18 Å². The number of unbranched alkanes of at least 4 members (excludes halogenated alkanes) is 4. The lowest BCUT2D eigenvalue weighted by atomic mass is 10.1. The number of benzene rings is 2. The fourth-order valence-electron chi connectivity index (χ4n) is 3.29. The first kappa shape index (κ1) is 21.2. The van der Waals surface area contributed by atoms with Crippen LogP contribution in [0.5, 0.6) is 0 Å². The van der Waals surface area contributed by atoms with Gasteiger partial charge in [0.2, 0.25) is 0 Å². The van der Waals surface area contributed by atoms with E-state index < -0.39 is 10.1 Å². The smallest absolute Gasteiger partial charge is 0.274 e. The molecule has 3 rings (SSSR count). The fourth-order valence-corrected chi connectivity index (χ4v) is 4.23. The molecule has 0 saturated carbocycles. The monoisotopic (exact) mass is 415 g/mol. The summed E-state index contributed by atoms with van der Waals surface area (Å²) in [5.41, 5.74) is 1.94. The second kappa shape index (κ2) is 9.33. The summed E-state index contributed by atoms with van der Waals surface area (Å²) in [7, 11) is -3.71. The van der Waals surface area contributed by atoms with Crippen molar-refractivity contribution in [1.82, 2.24) is 4.90 Å². The number of hydrogen-bond donors (Lipinski definition) is 0. The molecule has 2 aromatic rings. The van der Waals surface area contributed by atoms with E-state index >= 15 is 0 Å². The zero-order valence-corrected chi connectivity index (χ0v) is 17.3. The lowest BCUT2D eigenvalue weighted by Gasteiger charge is -2.13. The van der Waals surface area contributed by atoms with Crippen molar-refractivity contribution < 1.29 is 22.2 Å². The van der Waals surface area contributed by atoms with Gasteiger partial charge in [0, 0.05) is 6.54 Å². The Kier molecular flexibility index (Phi) is 6.82. The van der Waals surface area contributed by atoms with E-state index in [9.17, 15) is 18.0 Å². The molecular formula is C22H25NO5S. The minimum absolute atomic E-state index is 0.147. The van der Waals surface area contributed by atoms with Crippen molar-refractivity contribution in [2.45, 2.75) is 43.9 Å². The average molecular weight is 416 g/mol. The minimum atomic E-state index is -3.71. The summed E-state index contributed by atoms with van der Waals surface area (Å²) in [4.78, 5) is 26.0. The highest BCUT2D eigenvalue weighted by atomic mass is 32.2. The first-order chi connectivity index (χ1) is 13.9. The van der Waals surface area contributed by atoms with Gasteiger partial charge in [0.15, 0.2) is 0 Å². The SMILES string of the molecule is Cc1ccc(S(=O)(=O)OCCCCCCCN2C(=O)c3ccccc3C2=O)cc1. The number of nitrogens with zero attached hydrogens (tertiary/aromatic N) is 1. The highest BCUT2D eigenvalue weighted by Gasteiger charge is 2.34. The van der Waals surface area contributed by atoms with Gasteiger partial charge in [0.1, 0.15) is 0 Å². The summed E-state index contributed by atoms with van der Waals surface area (Å²) in [5, 5.41) is 0. The number of amides is 2. The maximum Gasteiger partial charge on any atom is 0.296 e. The summed E-state index contributed by atoms with van der Waals surface area (Å²) in [6.45, 7) is 2.45. The zero-order valence-electron chi connectivity index (χ0n) is 16.5. The minimum Gasteiger partial charge on any atom is -0.274 e. The van der Waals surface area contributed by atoms with Crippen molar-refractivity contribution in [3.8, 4) is 0 Å². The molecule has 0 fully saturated rings. The molecule has 0 spiro atoms. The first-order valence-electron chi connectivity index (χ1n) is 9.81. The van der Waals surface area contributed by atoms with Gasteiger partial charge in [-0.25, -0.2) is 0 Å². The average Bonchev–Trinajstić information content (AvgIpc) is 2.95. The Hall–Kier alpha value is -2.51. The summed E-state index contributed by atoms with van der Waals surface area (Å²) in [6.07, 6.45) is 3.94. The third-order valence-electron chi connectivity index (χ3n) is 4.95. The highest BCUT2D eigenvalue weighted by Crippen LogP contribution is 2.23. The molecule has 1 aliphatic heterocycles. The van der Waals surface area contributed by atoms with Crippen LogP contribution in [0, 0.1) is 6.92 Å². The molecular weight excluding hydrogens is 390 g/mol. The van der Waals surface area contributed by atoms with Gasteiger partial charge in [-0.3, -0.25) is 18.7 Å². The van der Waals surface area contributed by atoms with Crippen LogP contribution in [0.1, 0.15) is 58.4 Å². The number of carbonyl (C=O) groups excluding carboxylic acids is 2. The molecule has 2 amide bonds. The number of imide groups is 1. The van der Waals surface area contributed by atoms with E-state index in [2.05, 4.69) is 0 Å². The first-order valence-corrected chi connectivity index (χ1v) is 11.2. The topological polar surface area (TPSA) is 80.8 Å². The normalized spacial score (nSPS) is 13.8. The lowest BCUT2D eigenvalue weighted by molar-refractivity contribution is 0.0651. The number of hydrogen-bond acceptors (Lipinski definition) is 5. The van der Waals surface area contributed by atoms with Crippen molar-refractivity contribution in [2.24, 2.45) is 0 Å². The number of rotatable bonds is 10. The molecule has 1 heterocycles. The van der Waals surface area contributed by atoms with Gasteiger partial charge < -0.3 is 0 Å². The van der Waals surface area contributed by atoms with E-state index in [1.807, 2.05) is 6.92 Å². The highest BCUT2D eigenvalue weighted by molar-refractivity contribution is 7.86. The Labute approximate surface area is 171 Å². The zero-order chi connectivity index (χ0) is 20.9. The van der Waals surface area contributed by atoms with Crippen LogP contribution in [0.3, 0.4) is 0 Å². The van der Waals surface area contributed by atoms with Crippen molar-refractivity contribution >= 4 is 21.9 Å². The molecule has 0 unspecified atom stereocenters. The van der Waals surface area contributed by atoms with Gasteiger partial charge >= 0.3 is 0 Å². The van der Waals surface area contributed by atoms with Crippen molar-refractivity contribution in [1.29, 1.82) is 0 Å². The molecule has 0 aliphatic carbocycles. The van der Waals surface area contributed by atoms with Crippen LogP contribution >= 0.6 is 0 Å². The Morgan fingerprint density at radius 1 is 0.793 bits per heavy atom. The molecule has 0 atom stereocenters. The molecule has 1 aliphatic rings. The molecule has 0 saturated heterocycles. The lowest BCUT2D eigenvalue weighted by Crippen LogP contribution is -2.30. The Morgan fingerprint density at radius 3 is 1.97 bits per heavy atom. The van der Waals surface area contributed by atoms with Gasteiger partial charge in [-0.2, -0.15) is 8.42 Å². The number of fused-ring (bicyclic) bond motifs is 1. The quantitative estimate of drug-likeness (QED) is 0.333. The van der Waals surface area contributed by atoms with Crippen LogP contribution in [0.4, 0.5) is 0 Å². The number of carbonyl (C=O) groups is 2. The molecule has 0 aromatic heterocycles. The van der Waals surface area contributed by atoms with Gasteiger partial charge in [-0.05, 0) is 44.0 Å². The Bertz CT molecular complexity index is 948. The molecule has 6 nitrogen and oxygen atoms in total. The van der Waals surface area contributed by atoms with E-state index in [0.29, 0.717) is 24.1 Å². The van der Waals surface area contributed by atoms with E-state index in [1.54, 1.807) is 48.5 Å². The van der Waals surface area contributed by atoms with Crippen LogP contribution in [-0.2, 0) is 14.3 Å². The van der Waals surface area contributed by atoms with Crippen molar-refractivity contribution in [2.75, 3.05) is 13.2 Å². The Balaban J connectivity index is 1.32. The number of aryl methyl sites for hydroxylation is 1. The van der Waals surface area contributed by atoms with Crippen molar-refractivity contribution in [3.63, 3.8) is 0 Å². The van der Waals surface area contributed by atoms with E-state index in [-0.39, 0.29) is 23.3 Å². The summed E-state index contributed by atoms with van der Waals surface area (Å²) in [6, 6.07) is 13.5.